The average molecular weight is 375 g/mol. The van der Waals surface area contributed by atoms with Crippen molar-refractivity contribution in [1.29, 1.82) is 0 Å². The van der Waals surface area contributed by atoms with Gasteiger partial charge in [0.2, 0.25) is 5.70 Å². The summed E-state index contributed by atoms with van der Waals surface area (Å²) in [4.78, 5) is 35.7. The molecule has 0 heterocycles. The van der Waals surface area contributed by atoms with Crippen LogP contribution in [-0.2, 0) is 14.3 Å². The Kier molecular flexibility index (Phi) is 4.24. The van der Waals surface area contributed by atoms with Crippen LogP contribution in [0.4, 0.5) is 0 Å². The van der Waals surface area contributed by atoms with E-state index in [9.17, 15) is 19.7 Å². The van der Waals surface area contributed by atoms with Crippen molar-refractivity contribution in [2.45, 2.75) is 78.2 Å². The van der Waals surface area contributed by atoms with Crippen molar-refractivity contribution >= 4 is 11.8 Å². The van der Waals surface area contributed by atoms with Crippen LogP contribution in [0.1, 0.15) is 72.1 Å². The smallest absolute Gasteiger partial charge is 0.302 e. The molecule has 4 aliphatic carbocycles. The third-order valence-electron chi connectivity index (χ3n) is 8.40. The molecule has 6 heteroatoms. The van der Waals surface area contributed by atoms with Crippen LogP contribution in [0.2, 0.25) is 0 Å². The first kappa shape index (κ1) is 18.6. The Hall–Kier alpha value is -1.72. The number of carbonyl (C=O) groups is 2. The zero-order valence-corrected chi connectivity index (χ0v) is 16.5. The maximum Gasteiger partial charge on any atom is 0.302 e. The van der Waals surface area contributed by atoms with E-state index in [0.717, 1.165) is 37.7 Å². The monoisotopic (exact) mass is 375 g/mol. The number of hydrogen-bond acceptors (Lipinski definition) is 5. The van der Waals surface area contributed by atoms with Crippen molar-refractivity contribution in [2.75, 3.05) is 0 Å². The highest BCUT2D eigenvalue weighted by Crippen LogP contribution is 2.65. The van der Waals surface area contributed by atoms with E-state index < -0.39 is 0 Å². The Morgan fingerprint density at radius 2 is 1.78 bits per heavy atom. The predicted molar refractivity (Wildman–Crippen MR) is 98.2 cm³/mol. The Labute approximate surface area is 159 Å². The van der Waals surface area contributed by atoms with Crippen molar-refractivity contribution in [3.63, 3.8) is 0 Å². The fraction of sp³-hybridized carbons (Fsp3) is 0.810. The number of carbonyl (C=O) groups excluding carboxylic acids is 2. The number of rotatable bonds is 2. The van der Waals surface area contributed by atoms with Crippen molar-refractivity contribution in [1.82, 2.24) is 0 Å². The molecular formula is C21H29NO5. The van der Waals surface area contributed by atoms with Crippen molar-refractivity contribution in [2.24, 2.45) is 28.6 Å². The highest BCUT2D eigenvalue weighted by molar-refractivity contribution is 5.87. The van der Waals surface area contributed by atoms with Gasteiger partial charge in [-0.3, -0.25) is 19.7 Å². The minimum atomic E-state index is -0.321. The lowest BCUT2D eigenvalue weighted by molar-refractivity contribution is -0.434. The van der Waals surface area contributed by atoms with Crippen LogP contribution >= 0.6 is 0 Å². The Morgan fingerprint density at radius 3 is 2.44 bits per heavy atom. The lowest BCUT2D eigenvalue weighted by Crippen LogP contribution is -2.52. The van der Waals surface area contributed by atoms with Crippen LogP contribution in [0.25, 0.3) is 0 Å². The molecule has 4 rings (SSSR count). The summed E-state index contributed by atoms with van der Waals surface area (Å²) in [6, 6.07) is 0. The number of hydrogen-bond donors (Lipinski definition) is 0. The van der Waals surface area contributed by atoms with E-state index in [1.54, 1.807) is 0 Å². The number of esters is 1. The lowest BCUT2D eigenvalue weighted by atomic mass is 9.47. The van der Waals surface area contributed by atoms with Crippen molar-refractivity contribution < 1.29 is 19.2 Å². The lowest BCUT2D eigenvalue weighted by Gasteiger charge is -2.56. The maximum atomic E-state index is 12.5. The molecule has 0 aromatic heterocycles. The summed E-state index contributed by atoms with van der Waals surface area (Å²) in [7, 11) is 0. The van der Waals surface area contributed by atoms with Gasteiger partial charge in [0.05, 0.1) is 4.92 Å². The fourth-order valence-electron chi connectivity index (χ4n) is 7.03. The molecule has 0 aromatic carbocycles. The van der Waals surface area contributed by atoms with E-state index in [0.29, 0.717) is 36.7 Å². The van der Waals surface area contributed by atoms with Crippen LogP contribution in [0.5, 0.6) is 0 Å². The van der Waals surface area contributed by atoms with Gasteiger partial charge >= 0.3 is 5.97 Å². The highest BCUT2D eigenvalue weighted by atomic mass is 16.6. The normalized spacial score (nSPS) is 43.6. The van der Waals surface area contributed by atoms with E-state index in [1.165, 1.54) is 6.92 Å². The number of Topliss-reactive ketones (excluding diaryl/α,β-unsaturated/α-hetero) is 1. The third kappa shape index (κ3) is 2.66. The van der Waals surface area contributed by atoms with E-state index in [4.69, 9.17) is 4.74 Å². The van der Waals surface area contributed by atoms with Crippen molar-refractivity contribution in [3.05, 3.63) is 21.4 Å². The van der Waals surface area contributed by atoms with Crippen LogP contribution in [0, 0.1) is 38.7 Å². The number of ketones is 1. The number of fused-ring (bicyclic) bond motifs is 5. The second kappa shape index (κ2) is 6.14. The van der Waals surface area contributed by atoms with Gasteiger partial charge in [0.15, 0.2) is 0 Å². The highest BCUT2D eigenvalue weighted by Gasteiger charge is 2.61. The molecule has 6 nitrogen and oxygen atoms in total. The molecule has 3 saturated carbocycles. The Morgan fingerprint density at radius 1 is 1.11 bits per heavy atom. The van der Waals surface area contributed by atoms with Gasteiger partial charge < -0.3 is 4.74 Å². The van der Waals surface area contributed by atoms with Gasteiger partial charge in [-0.2, -0.15) is 0 Å². The molecule has 6 atom stereocenters. The third-order valence-corrected chi connectivity index (χ3v) is 8.40. The van der Waals surface area contributed by atoms with Crippen LogP contribution in [0.3, 0.4) is 0 Å². The number of allylic oxidation sites excluding steroid dienone is 1. The summed E-state index contributed by atoms with van der Waals surface area (Å²) in [5.41, 5.74) is 0.735. The van der Waals surface area contributed by atoms with E-state index in [1.807, 2.05) is 0 Å². The van der Waals surface area contributed by atoms with Crippen LogP contribution in [0.15, 0.2) is 11.3 Å². The summed E-state index contributed by atoms with van der Waals surface area (Å²) < 4.78 is 5.41. The van der Waals surface area contributed by atoms with Gasteiger partial charge in [0, 0.05) is 37.2 Å². The first-order valence-corrected chi connectivity index (χ1v) is 10.2. The summed E-state index contributed by atoms with van der Waals surface area (Å²) >= 11 is 0. The molecule has 0 aromatic rings. The zero-order valence-electron chi connectivity index (χ0n) is 16.5. The van der Waals surface area contributed by atoms with Crippen LogP contribution < -0.4 is 0 Å². The fourth-order valence-corrected chi connectivity index (χ4v) is 7.03. The van der Waals surface area contributed by atoms with E-state index >= 15 is 0 Å². The SMILES string of the molecule is CC(=O)OC1CC[C@@]2(C)C(=C([N+](=O)[O-])C[C@@H]3[C@@H]2CC[C@]2(C)C(=O)CC[C@@H]32)C1. The molecule has 1 unspecified atom stereocenters. The van der Waals surface area contributed by atoms with E-state index in [-0.39, 0.29) is 39.7 Å². The van der Waals surface area contributed by atoms with Gasteiger partial charge in [0.1, 0.15) is 11.9 Å². The maximum absolute atomic E-state index is 12.5. The number of ether oxygens (including phenoxy) is 1. The van der Waals surface area contributed by atoms with Crippen LogP contribution in [-0.4, -0.2) is 22.8 Å². The molecular weight excluding hydrogens is 346 g/mol. The molecule has 27 heavy (non-hydrogen) atoms. The van der Waals surface area contributed by atoms with Gasteiger partial charge in [-0.25, -0.2) is 0 Å². The standard InChI is InChI=1S/C21H29NO5/c1-12(23)27-13-6-8-20(2)16-7-9-21(3)15(4-5-19(21)24)14(16)11-18(22(25)26)17(20)10-13/h13-16H,4-11H2,1-3H3/t13?,14-,15-,16-,20+,21-/m0/s1. The molecule has 0 bridgehead atoms. The Balaban J connectivity index is 1.73. The Bertz CT molecular complexity index is 743. The summed E-state index contributed by atoms with van der Waals surface area (Å²) in [6.45, 7) is 5.67. The van der Waals surface area contributed by atoms with Gasteiger partial charge in [-0.05, 0) is 55.3 Å². The molecule has 0 spiro atoms. The first-order chi connectivity index (χ1) is 12.7. The minimum absolute atomic E-state index is 0.206. The average Bonchev–Trinajstić information content (AvgIpc) is 2.89. The molecule has 0 radical (unpaired) electrons. The van der Waals surface area contributed by atoms with Gasteiger partial charge in [0.25, 0.3) is 0 Å². The molecule has 0 aliphatic heterocycles. The van der Waals surface area contributed by atoms with Gasteiger partial charge in [-0.1, -0.05) is 13.8 Å². The minimum Gasteiger partial charge on any atom is -0.462 e. The molecule has 0 N–H and O–H groups in total. The van der Waals surface area contributed by atoms with Gasteiger partial charge in [-0.15, -0.1) is 0 Å². The largest absolute Gasteiger partial charge is 0.462 e. The summed E-state index contributed by atoms with van der Waals surface area (Å²) in [6.07, 6.45) is 5.64. The summed E-state index contributed by atoms with van der Waals surface area (Å²) in [5.74, 6) is 0.905. The first-order valence-electron chi connectivity index (χ1n) is 10.2. The predicted octanol–water partition coefficient (Wildman–Crippen LogP) is 4.05. The van der Waals surface area contributed by atoms with Crippen molar-refractivity contribution in [3.8, 4) is 0 Å². The molecule has 148 valence electrons. The quantitative estimate of drug-likeness (QED) is 0.413. The molecule has 0 amide bonds. The van der Waals surface area contributed by atoms with E-state index in [2.05, 4.69) is 13.8 Å². The second-order valence-corrected chi connectivity index (χ2v) is 9.57. The number of nitrogens with zero attached hydrogens (tertiary/aromatic N) is 1. The molecule has 3 fully saturated rings. The molecule has 0 saturated heterocycles. The zero-order chi connectivity index (χ0) is 19.6. The molecule has 4 aliphatic rings. The number of nitro groups is 1. The second-order valence-electron chi connectivity index (χ2n) is 9.57. The topological polar surface area (TPSA) is 86.5 Å². The summed E-state index contributed by atoms with van der Waals surface area (Å²) in [5, 5.41) is 12.0.